The summed E-state index contributed by atoms with van der Waals surface area (Å²) >= 11 is 2.22. The Morgan fingerprint density at radius 1 is 1.19 bits per heavy atom. The summed E-state index contributed by atoms with van der Waals surface area (Å²) in [5, 5.41) is 17.2. The number of nitrogens with zero attached hydrogens (tertiary/aromatic N) is 7. The maximum absolute atomic E-state index is 13.9. The first-order valence-corrected chi connectivity index (χ1v) is 10.4. The Bertz CT molecular complexity index is 1290. The molecule has 0 radical (unpaired) electrons. The van der Waals surface area contributed by atoms with E-state index in [0.717, 1.165) is 9.13 Å². The van der Waals surface area contributed by atoms with E-state index in [1.807, 2.05) is 12.1 Å². The first-order valence-electron chi connectivity index (χ1n) is 9.28. The largest absolute Gasteiger partial charge is 0.454 e. The predicted octanol–water partition coefficient (Wildman–Crippen LogP) is 1.10. The van der Waals surface area contributed by atoms with Crippen molar-refractivity contribution in [2.45, 2.75) is 19.5 Å². The number of aromatic nitrogens is 7. The molecule has 3 N–H and O–H groups in total. The molecule has 4 heterocycles. The molecule has 0 saturated carbocycles. The van der Waals surface area contributed by atoms with Crippen molar-refractivity contribution in [3.05, 3.63) is 45.1 Å². The summed E-state index contributed by atoms with van der Waals surface area (Å²) < 4.78 is 29.1. The van der Waals surface area contributed by atoms with Gasteiger partial charge in [-0.05, 0) is 40.3 Å². The van der Waals surface area contributed by atoms with Gasteiger partial charge in [0.2, 0.25) is 6.79 Å². The zero-order valence-electron chi connectivity index (χ0n) is 16.0. The smallest absolute Gasteiger partial charge is 0.312 e. The van der Waals surface area contributed by atoms with E-state index in [-0.39, 0.29) is 31.4 Å². The van der Waals surface area contributed by atoms with Gasteiger partial charge in [0.1, 0.15) is 11.5 Å². The lowest BCUT2D eigenvalue weighted by Gasteiger charge is -2.09. The van der Waals surface area contributed by atoms with Crippen LogP contribution in [0.1, 0.15) is 17.1 Å². The minimum Gasteiger partial charge on any atom is -0.454 e. The van der Waals surface area contributed by atoms with Crippen LogP contribution >= 0.6 is 22.6 Å². The molecular formula is C18H16FIN8O3. The van der Waals surface area contributed by atoms with Crippen LogP contribution in [-0.2, 0) is 19.5 Å². The Balaban J connectivity index is 1.58. The number of aliphatic hydroxyl groups excluding tert-OH is 1. The van der Waals surface area contributed by atoms with Crippen molar-refractivity contribution in [3.8, 4) is 11.5 Å². The van der Waals surface area contributed by atoms with Crippen LogP contribution < -0.4 is 15.2 Å². The van der Waals surface area contributed by atoms with Gasteiger partial charge in [-0.1, -0.05) is 5.21 Å². The van der Waals surface area contributed by atoms with E-state index in [1.165, 1.54) is 4.68 Å². The zero-order valence-corrected chi connectivity index (χ0v) is 18.2. The lowest BCUT2D eigenvalue weighted by molar-refractivity contribution is 0.174. The van der Waals surface area contributed by atoms with E-state index >= 15 is 0 Å². The second kappa shape index (κ2) is 7.88. The van der Waals surface area contributed by atoms with Gasteiger partial charge in [-0.2, -0.15) is 14.4 Å². The van der Waals surface area contributed by atoms with Gasteiger partial charge in [-0.25, -0.2) is 9.67 Å². The summed E-state index contributed by atoms with van der Waals surface area (Å²) in [6.45, 7) is 0.694. The van der Waals surface area contributed by atoms with E-state index in [1.54, 1.807) is 10.8 Å². The predicted molar refractivity (Wildman–Crippen MR) is 114 cm³/mol. The van der Waals surface area contributed by atoms with Gasteiger partial charge in [-0.3, -0.25) is 0 Å². The van der Waals surface area contributed by atoms with Crippen LogP contribution in [0.3, 0.4) is 0 Å². The molecule has 5 rings (SSSR count). The third-order valence-electron chi connectivity index (χ3n) is 4.80. The number of nitrogens with two attached hydrogens (primary N) is 1. The Labute approximate surface area is 188 Å². The van der Waals surface area contributed by atoms with Crippen LogP contribution in [0.5, 0.6) is 11.5 Å². The van der Waals surface area contributed by atoms with Gasteiger partial charge in [0, 0.05) is 9.99 Å². The van der Waals surface area contributed by atoms with Gasteiger partial charge < -0.3 is 24.9 Å². The third kappa shape index (κ3) is 3.74. The Morgan fingerprint density at radius 3 is 2.81 bits per heavy atom. The number of anilines is 1. The van der Waals surface area contributed by atoms with Crippen LogP contribution in [-0.4, -0.2) is 53.0 Å². The molecule has 0 fully saturated rings. The number of hydrogen-bond acceptors (Lipinski definition) is 9. The summed E-state index contributed by atoms with van der Waals surface area (Å²) in [7, 11) is 0. The van der Waals surface area contributed by atoms with Crippen molar-refractivity contribution < 1.29 is 19.0 Å². The molecule has 0 saturated heterocycles. The normalized spacial score (nSPS) is 12.7. The number of benzene rings is 1. The number of ether oxygens (including phenoxy) is 2. The van der Waals surface area contributed by atoms with Crippen molar-refractivity contribution in [3.63, 3.8) is 0 Å². The number of halogens is 2. The molecule has 4 aromatic rings. The summed E-state index contributed by atoms with van der Waals surface area (Å²) in [4.78, 5) is 12.1. The fourth-order valence-corrected chi connectivity index (χ4v) is 4.02. The highest BCUT2D eigenvalue weighted by atomic mass is 127. The van der Waals surface area contributed by atoms with E-state index in [9.17, 15) is 4.39 Å². The maximum Gasteiger partial charge on any atom is 0.312 e. The summed E-state index contributed by atoms with van der Waals surface area (Å²) in [5.74, 6) is 1.93. The fourth-order valence-electron chi connectivity index (χ4n) is 3.39. The third-order valence-corrected chi connectivity index (χ3v) is 5.80. The van der Waals surface area contributed by atoms with Crippen LogP contribution in [0, 0.1) is 9.65 Å². The standard InChI is InChI=1S/C18H16FIN8O3/c19-18-23-16(21)15-17(24-18)28(7-10-6-27(1-2-29)26-25-10)14(22-15)4-9-3-12-13(5-11(9)20)31-8-30-12/h3,5-6,29H,1-2,4,7-8H2,(H2,21,23,24). The van der Waals surface area contributed by atoms with Gasteiger partial charge in [0.05, 0.1) is 25.9 Å². The quantitative estimate of drug-likeness (QED) is 0.273. The molecule has 0 aliphatic carbocycles. The molecule has 3 aromatic heterocycles. The second-order valence-corrected chi connectivity index (χ2v) is 8.00. The lowest BCUT2D eigenvalue weighted by atomic mass is 10.1. The Kier molecular flexibility index (Phi) is 5.05. The van der Waals surface area contributed by atoms with Crippen LogP contribution in [0.2, 0.25) is 0 Å². The van der Waals surface area contributed by atoms with Crippen molar-refractivity contribution in [1.82, 2.24) is 34.5 Å². The molecule has 160 valence electrons. The molecule has 31 heavy (non-hydrogen) atoms. The first-order chi connectivity index (χ1) is 15.0. The minimum atomic E-state index is -0.931. The summed E-state index contributed by atoms with van der Waals surface area (Å²) in [6, 6.07) is 3.81. The molecule has 0 amide bonds. The SMILES string of the molecule is Nc1nc(F)nc2c1nc(Cc1cc3c(cc1I)OCO3)n2Cc1cn(CCO)nn1. The van der Waals surface area contributed by atoms with Gasteiger partial charge in [0.25, 0.3) is 0 Å². The Morgan fingerprint density at radius 2 is 2.00 bits per heavy atom. The molecule has 1 aliphatic rings. The Hall–Kier alpha value is -3.07. The van der Waals surface area contributed by atoms with Crippen LogP contribution in [0.25, 0.3) is 11.2 Å². The fraction of sp³-hybridized carbons (Fsp3) is 0.278. The highest BCUT2D eigenvalue weighted by Crippen LogP contribution is 2.36. The number of imidazole rings is 1. The number of nitrogen functional groups attached to an aromatic ring is 1. The molecule has 13 heteroatoms. The van der Waals surface area contributed by atoms with Gasteiger partial charge >= 0.3 is 6.08 Å². The number of fused-ring (bicyclic) bond motifs is 2. The number of aliphatic hydroxyl groups is 1. The maximum atomic E-state index is 13.9. The molecule has 1 aromatic carbocycles. The van der Waals surface area contributed by atoms with Gasteiger partial charge in [0.15, 0.2) is 28.5 Å². The van der Waals surface area contributed by atoms with Crippen molar-refractivity contribution >= 4 is 39.6 Å². The first kappa shape index (κ1) is 19.9. The van der Waals surface area contributed by atoms with Crippen molar-refractivity contribution in [2.75, 3.05) is 19.1 Å². The van der Waals surface area contributed by atoms with Crippen molar-refractivity contribution in [1.29, 1.82) is 0 Å². The zero-order chi connectivity index (χ0) is 21.5. The average Bonchev–Trinajstić information content (AvgIpc) is 3.43. The van der Waals surface area contributed by atoms with E-state index < -0.39 is 6.08 Å². The molecule has 0 bridgehead atoms. The second-order valence-electron chi connectivity index (χ2n) is 6.83. The van der Waals surface area contributed by atoms with Crippen LogP contribution in [0.4, 0.5) is 10.2 Å². The molecule has 0 unspecified atom stereocenters. The van der Waals surface area contributed by atoms with Gasteiger partial charge in [-0.15, -0.1) is 5.10 Å². The molecule has 11 nitrogen and oxygen atoms in total. The molecular weight excluding hydrogens is 522 g/mol. The topological polar surface area (TPSA) is 139 Å². The highest BCUT2D eigenvalue weighted by Gasteiger charge is 2.21. The molecule has 0 spiro atoms. The minimum absolute atomic E-state index is 0.0354. The monoisotopic (exact) mass is 538 g/mol. The summed E-state index contributed by atoms with van der Waals surface area (Å²) in [6.07, 6.45) is 1.19. The summed E-state index contributed by atoms with van der Waals surface area (Å²) in [5.41, 5.74) is 8.05. The molecule has 1 aliphatic heterocycles. The number of hydrogen-bond donors (Lipinski definition) is 2. The average molecular weight is 538 g/mol. The highest BCUT2D eigenvalue weighted by molar-refractivity contribution is 14.1. The molecule has 0 atom stereocenters. The van der Waals surface area contributed by atoms with E-state index in [2.05, 4.69) is 47.9 Å². The van der Waals surface area contributed by atoms with E-state index in [4.69, 9.17) is 20.3 Å². The lowest BCUT2D eigenvalue weighted by Crippen LogP contribution is -2.09. The van der Waals surface area contributed by atoms with Crippen LogP contribution in [0.15, 0.2) is 18.3 Å². The van der Waals surface area contributed by atoms with E-state index in [0.29, 0.717) is 41.5 Å². The number of rotatable bonds is 6. The van der Waals surface area contributed by atoms with Crippen molar-refractivity contribution in [2.24, 2.45) is 0 Å².